The maximum atomic E-state index is 9.41. The third kappa shape index (κ3) is 2.27. The van der Waals surface area contributed by atoms with Gasteiger partial charge >= 0.3 is 0 Å². The average molecular weight is 183 g/mol. The van der Waals surface area contributed by atoms with Gasteiger partial charge in [-0.15, -0.1) is 0 Å². The maximum absolute atomic E-state index is 9.41. The Balaban J connectivity index is 2.83. The van der Waals surface area contributed by atoms with E-state index in [1.165, 1.54) is 12.6 Å². The summed E-state index contributed by atoms with van der Waals surface area (Å²) in [5.41, 5.74) is 5.69. The van der Waals surface area contributed by atoms with Gasteiger partial charge in [-0.05, 0) is 0 Å². The first kappa shape index (κ1) is 9.69. The van der Waals surface area contributed by atoms with Crippen molar-refractivity contribution in [2.45, 2.75) is 6.23 Å². The molecule has 0 saturated carbocycles. The van der Waals surface area contributed by atoms with Crippen LogP contribution in [0.25, 0.3) is 0 Å². The molecule has 1 unspecified atom stereocenters. The zero-order valence-electron chi connectivity index (χ0n) is 7.36. The van der Waals surface area contributed by atoms with Crippen molar-refractivity contribution in [1.29, 1.82) is 0 Å². The molecular formula is C7H13N5O. The molecular weight excluding hydrogens is 170 g/mol. The first-order chi connectivity index (χ1) is 6.29. The van der Waals surface area contributed by atoms with Crippen molar-refractivity contribution in [2.24, 2.45) is 15.7 Å². The molecule has 6 heteroatoms. The van der Waals surface area contributed by atoms with Crippen LogP contribution < -0.4 is 16.4 Å². The van der Waals surface area contributed by atoms with Gasteiger partial charge in [-0.1, -0.05) is 0 Å². The van der Waals surface area contributed by atoms with E-state index in [1.54, 1.807) is 7.05 Å². The Hall–Kier alpha value is -1.40. The topological polar surface area (TPSA) is 95.0 Å². The molecule has 1 atom stereocenters. The van der Waals surface area contributed by atoms with Gasteiger partial charge in [-0.3, -0.25) is 4.99 Å². The van der Waals surface area contributed by atoms with Gasteiger partial charge in [-0.25, -0.2) is 4.99 Å². The van der Waals surface area contributed by atoms with Gasteiger partial charge in [-0.2, -0.15) is 0 Å². The SMILES string of the molecule is CNC1=C(N=CCN)C(O)N=CN1. The predicted octanol–water partition coefficient (Wildman–Crippen LogP) is -1.65. The molecule has 1 heterocycles. The van der Waals surface area contributed by atoms with Gasteiger partial charge in [0.15, 0.2) is 6.23 Å². The zero-order chi connectivity index (χ0) is 9.68. The summed E-state index contributed by atoms with van der Waals surface area (Å²) in [5.74, 6) is 0.632. The van der Waals surface area contributed by atoms with Crippen LogP contribution in [0, 0.1) is 0 Å². The van der Waals surface area contributed by atoms with E-state index in [9.17, 15) is 5.11 Å². The van der Waals surface area contributed by atoms with E-state index in [1.807, 2.05) is 0 Å². The molecule has 1 rings (SSSR count). The van der Waals surface area contributed by atoms with Crippen LogP contribution in [0.2, 0.25) is 0 Å². The number of hydrogen-bond donors (Lipinski definition) is 4. The fourth-order valence-electron chi connectivity index (χ4n) is 0.929. The Morgan fingerprint density at radius 1 is 1.92 bits per heavy atom. The molecule has 0 radical (unpaired) electrons. The number of nitrogens with one attached hydrogen (secondary N) is 2. The molecule has 0 bridgehead atoms. The fourth-order valence-corrected chi connectivity index (χ4v) is 0.929. The monoisotopic (exact) mass is 183 g/mol. The minimum absolute atomic E-state index is 0.330. The first-order valence-corrected chi connectivity index (χ1v) is 3.90. The van der Waals surface area contributed by atoms with Gasteiger partial charge in [0.2, 0.25) is 0 Å². The van der Waals surface area contributed by atoms with Crippen molar-refractivity contribution in [2.75, 3.05) is 13.6 Å². The highest BCUT2D eigenvalue weighted by molar-refractivity contribution is 5.64. The Labute approximate surface area is 76.3 Å². The van der Waals surface area contributed by atoms with Crippen molar-refractivity contribution in [3.05, 3.63) is 11.5 Å². The lowest BCUT2D eigenvalue weighted by Gasteiger charge is -2.17. The van der Waals surface area contributed by atoms with E-state index in [4.69, 9.17) is 5.73 Å². The van der Waals surface area contributed by atoms with Crippen LogP contribution in [0.15, 0.2) is 21.5 Å². The highest BCUT2D eigenvalue weighted by Crippen LogP contribution is 2.10. The predicted molar refractivity (Wildman–Crippen MR) is 51.3 cm³/mol. The Bertz CT molecular complexity index is 258. The van der Waals surface area contributed by atoms with Gasteiger partial charge < -0.3 is 21.5 Å². The molecule has 13 heavy (non-hydrogen) atoms. The van der Waals surface area contributed by atoms with E-state index in [0.717, 1.165) is 0 Å². The highest BCUT2D eigenvalue weighted by atomic mass is 16.3. The van der Waals surface area contributed by atoms with E-state index in [-0.39, 0.29) is 0 Å². The minimum Gasteiger partial charge on any atom is -0.373 e. The summed E-state index contributed by atoms with van der Waals surface area (Å²) < 4.78 is 0. The van der Waals surface area contributed by atoms with Crippen LogP contribution >= 0.6 is 0 Å². The van der Waals surface area contributed by atoms with Crippen LogP contribution in [-0.4, -0.2) is 37.5 Å². The van der Waals surface area contributed by atoms with Gasteiger partial charge in [0.05, 0.1) is 6.34 Å². The molecule has 0 amide bonds. The average Bonchev–Trinajstić information content (AvgIpc) is 2.15. The van der Waals surface area contributed by atoms with Crippen LogP contribution in [-0.2, 0) is 0 Å². The largest absolute Gasteiger partial charge is 0.373 e. The van der Waals surface area contributed by atoms with Crippen molar-refractivity contribution in [3.63, 3.8) is 0 Å². The molecule has 6 nitrogen and oxygen atoms in total. The Morgan fingerprint density at radius 3 is 3.31 bits per heavy atom. The number of nitrogens with two attached hydrogens (primary N) is 1. The molecule has 0 fully saturated rings. The summed E-state index contributed by atoms with van der Waals surface area (Å²) in [5, 5.41) is 15.1. The normalized spacial score (nSPS) is 22.2. The Kier molecular flexibility index (Phi) is 3.41. The molecule has 0 aliphatic carbocycles. The quantitative estimate of drug-likeness (QED) is 0.394. The van der Waals surface area contributed by atoms with Gasteiger partial charge in [0, 0.05) is 19.8 Å². The number of hydrogen-bond acceptors (Lipinski definition) is 6. The third-order valence-electron chi connectivity index (χ3n) is 1.51. The number of aliphatic imine (C=N–C) groups is 2. The second-order valence-electron chi connectivity index (χ2n) is 2.35. The second-order valence-corrected chi connectivity index (χ2v) is 2.35. The fraction of sp³-hybridized carbons (Fsp3) is 0.429. The summed E-state index contributed by atoms with van der Waals surface area (Å²) in [6, 6.07) is 0. The van der Waals surface area contributed by atoms with E-state index < -0.39 is 6.23 Å². The van der Waals surface area contributed by atoms with Crippen LogP contribution in [0.5, 0.6) is 0 Å². The highest BCUT2D eigenvalue weighted by Gasteiger charge is 2.15. The lowest BCUT2D eigenvalue weighted by molar-refractivity contribution is 0.215. The number of aliphatic hydroxyl groups excluding tert-OH is 1. The maximum Gasteiger partial charge on any atom is 0.193 e. The van der Waals surface area contributed by atoms with Crippen molar-refractivity contribution >= 4 is 12.6 Å². The number of aliphatic hydroxyl groups is 1. The van der Waals surface area contributed by atoms with Crippen molar-refractivity contribution in [1.82, 2.24) is 10.6 Å². The third-order valence-corrected chi connectivity index (χ3v) is 1.51. The second kappa shape index (κ2) is 4.58. The molecule has 72 valence electrons. The smallest absolute Gasteiger partial charge is 0.193 e. The van der Waals surface area contributed by atoms with Crippen molar-refractivity contribution in [3.8, 4) is 0 Å². The standard InChI is InChI=1S/C7H13N5O/c1-9-6-5(10-3-2-8)7(13)12-4-11-6/h3-4,7,9,13H,2,8H2,1H3,(H,11,12). The number of rotatable bonds is 3. The molecule has 1 aliphatic heterocycles. The summed E-state index contributed by atoms with van der Waals surface area (Å²) in [6.45, 7) is 0.330. The summed E-state index contributed by atoms with van der Waals surface area (Å²) in [7, 11) is 1.73. The van der Waals surface area contributed by atoms with Crippen LogP contribution in [0.1, 0.15) is 0 Å². The molecule has 5 N–H and O–H groups in total. The van der Waals surface area contributed by atoms with Crippen LogP contribution in [0.4, 0.5) is 0 Å². The summed E-state index contributed by atoms with van der Waals surface area (Å²) in [4.78, 5) is 7.71. The summed E-state index contributed by atoms with van der Waals surface area (Å²) in [6.07, 6.45) is 2.00. The molecule has 1 aliphatic rings. The zero-order valence-corrected chi connectivity index (χ0v) is 7.36. The van der Waals surface area contributed by atoms with Crippen molar-refractivity contribution < 1.29 is 5.11 Å². The van der Waals surface area contributed by atoms with Gasteiger partial charge in [0.25, 0.3) is 0 Å². The first-order valence-electron chi connectivity index (χ1n) is 3.90. The number of nitrogens with zero attached hydrogens (tertiary/aromatic N) is 2. The molecule has 0 spiro atoms. The van der Waals surface area contributed by atoms with Gasteiger partial charge in [0.1, 0.15) is 11.5 Å². The van der Waals surface area contributed by atoms with E-state index >= 15 is 0 Å². The van der Waals surface area contributed by atoms with Crippen LogP contribution in [0.3, 0.4) is 0 Å². The lowest BCUT2D eigenvalue weighted by Crippen LogP contribution is -2.31. The molecule has 0 saturated heterocycles. The van der Waals surface area contributed by atoms with E-state index in [0.29, 0.717) is 18.1 Å². The van der Waals surface area contributed by atoms with E-state index in [2.05, 4.69) is 20.6 Å². The lowest BCUT2D eigenvalue weighted by atomic mass is 10.3. The molecule has 0 aromatic heterocycles. The summed E-state index contributed by atoms with van der Waals surface area (Å²) >= 11 is 0. The molecule has 0 aromatic rings. The Morgan fingerprint density at radius 2 is 2.69 bits per heavy atom. The minimum atomic E-state index is -0.925. The molecule has 0 aromatic carbocycles.